The van der Waals surface area contributed by atoms with Gasteiger partial charge in [-0.3, -0.25) is 14.9 Å². The van der Waals surface area contributed by atoms with Crippen LogP contribution in [0.5, 0.6) is 0 Å². The molecule has 0 spiro atoms. The fraction of sp³-hybridized carbons (Fsp3) is 0.222. The van der Waals surface area contributed by atoms with Gasteiger partial charge in [0.2, 0.25) is 0 Å². The van der Waals surface area contributed by atoms with Crippen LogP contribution in [0, 0.1) is 10.1 Å². The molecule has 0 aliphatic heterocycles. The van der Waals surface area contributed by atoms with Crippen molar-refractivity contribution in [1.82, 2.24) is 0 Å². The predicted octanol–water partition coefficient (Wildman–Crippen LogP) is 1.96. The van der Waals surface area contributed by atoms with E-state index in [0.29, 0.717) is 5.02 Å². The Hall–Kier alpha value is -1.62. The van der Waals surface area contributed by atoms with E-state index in [1.54, 1.807) is 0 Å². The van der Waals surface area contributed by atoms with Gasteiger partial charge in [0.25, 0.3) is 5.69 Å². The van der Waals surface area contributed by atoms with Gasteiger partial charge in [0, 0.05) is 16.7 Å². The minimum Gasteiger partial charge on any atom is -0.469 e. The van der Waals surface area contributed by atoms with Crippen molar-refractivity contribution in [2.24, 2.45) is 0 Å². The fourth-order valence-electron chi connectivity index (χ4n) is 1.10. The Morgan fingerprint density at radius 1 is 1.60 bits per heavy atom. The normalized spacial score (nSPS) is 9.73. The maximum Gasteiger partial charge on any atom is 0.310 e. The zero-order chi connectivity index (χ0) is 11.4. The molecule has 0 aliphatic carbocycles. The monoisotopic (exact) mass is 229 g/mol. The molecule has 1 rings (SSSR count). The van der Waals surface area contributed by atoms with E-state index in [0.717, 1.165) is 0 Å². The van der Waals surface area contributed by atoms with E-state index in [2.05, 4.69) is 4.74 Å². The lowest BCUT2D eigenvalue weighted by atomic mass is 10.1. The van der Waals surface area contributed by atoms with Crippen LogP contribution < -0.4 is 0 Å². The second-order valence-corrected chi connectivity index (χ2v) is 3.22. The van der Waals surface area contributed by atoms with E-state index in [9.17, 15) is 14.9 Å². The highest BCUT2D eigenvalue weighted by molar-refractivity contribution is 6.30. The maximum absolute atomic E-state index is 11.0. The highest BCUT2D eigenvalue weighted by atomic mass is 35.5. The molecule has 1 aromatic carbocycles. The average molecular weight is 230 g/mol. The van der Waals surface area contributed by atoms with E-state index >= 15 is 0 Å². The van der Waals surface area contributed by atoms with Gasteiger partial charge in [-0.25, -0.2) is 0 Å². The Balaban J connectivity index is 3.07. The molecule has 0 unspecified atom stereocenters. The van der Waals surface area contributed by atoms with Crippen molar-refractivity contribution < 1.29 is 14.5 Å². The van der Waals surface area contributed by atoms with Crippen molar-refractivity contribution in [2.75, 3.05) is 7.11 Å². The first-order valence-corrected chi connectivity index (χ1v) is 4.42. The number of benzene rings is 1. The molecule has 0 aliphatic rings. The highest BCUT2D eigenvalue weighted by Gasteiger charge is 2.16. The fourth-order valence-corrected chi connectivity index (χ4v) is 1.30. The Labute approximate surface area is 90.8 Å². The summed E-state index contributed by atoms with van der Waals surface area (Å²) < 4.78 is 4.42. The van der Waals surface area contributed by atoms with Gasteiger partial charge in [-0.15, -0.1) is 0 Å². The van der Waals surface area contributed by atoms with E-state index in [1.807, 2.05) is 0 Å². The second-order valence-electron chi connectivity index (χ2n) is 2.78. The number of halogens is 1. The van der Waals surface area contributed by atoms with Gasteiger partial charge in [-0.05, 0) is 12.1 Å². The van der Waals surface area contributed by atoms with Crippen LogP contribution in [-0.4, -0.2) is 18.0 Å². The predicted molar refractivity (Wildman–Crippen MR) is 53.8 cm³/mol. The summed E-state index contributed by atoms with van der Waals surface area (Å²) in [5.74, 6) is -0.541. The zero-order valence-corrected chi connectivity index (χ0v) is 8.65. The molecule has 80 valence electrons. The number of carbonyl (C=O) groups is 1. The minimum absolute atomic E-state index is 0.134. The summed E-state index contributed by atoms with van der Waals surface area (Å²) in [4.78, 5) is 21.0. The van der Waals surface area contributed by atoms with Gasteiger partial charge in [-0.1, -0.05) is 11.6 Å². The lowest BCUT2D eigenvalue weighted by Crippen LogP contribution is -2.06. The molecule has 0 aromatic heterocycles. The summed E-state index contributed by atoms with van der Waals surface area (Å²) in [6.45, 7) is 0. The first-order chi connectivity index (χ1) is 7.04. The number of nitro groups is 1. The Morgan fingerprint density at radius 2 is 2.27 bits per heavy atom. The number of nitro benzene ring substituents is 1. The van der Waals surface area contributed by atoms with Crippen molar-refractivity contribution in [1.29, 1.82) is 0 Å². The van der Waals surface area contributed by atoms with Crippen LogP contribution in [0.15, 0.2) is 18.2 Å². The molecule has 0 N–H and O–H groups in total. The van der Waals surface area contributed by atoms with Crippen LogP contribution in [0.25, 0.3) is 0 Å². The molecule has 0 radical (unpaired) electrons. The first-order valence-electron chi connectivity index (χ1n) is 4.04. The van der Waals surface area contributed by atoms with Gasteiger partial charge < -0.3 is 4.74 Å². The average Bonchev–Trinajstić information content (AvgIpc) is 2.17. The highest BCUT2D eigenvalue weighted by Crippen LogP contribution is 2.23. The Morgan fingerprint density at radius 3 is 2.80 bits per heavy atom. The number of methoxy groups -OCH3 is 1. The van der Waals surface area contributed by atoms with E-state index < -0.39 is 10.9 Å². The molecule has 0 fully saturated rings. The standard InChI is InChI=1S/C9H8ClNO4/c1-15-9(12)5-6-4-7(10)2-3-8(6)11(13)14/h2-4H,5H2,1H3. The SMILES string of the molecule is COC(=O)Cc1cc(Cl)ccc1[N+](=O)[O-]. The molecular formula is C9H8ClNO4. The summed E-state index contributed by atoms with van der Waals surface area (Å²) in [6.07, 6.45) is -0.159. The van der Waals surface area contributed by atoms with Gasteiger partial charge in [0.1, 0.15) is 0 Å². The van der Waals surface area contributed by atoms with E-state index in [-0.39, 0.29) is 17.7 Å². The van der Waals surface area contributed by atoms with Crippen LogP contribution in [0.4, 0.5) is 5.69 Å². The van der Waals surface area contributed by atoms with Gasteiger partial charge in [0.15, 0.2) is 0 Å². The minimum atomic E-state index is -0.561. The van der Waals surface area contributed by atoms with Gasteiger partial charge in [-0.2, -0.15) is 0 Å². The number of esters is 1. The Bertz CT molecular complexity index is 405. The van der Waals surface area contributed by atoms with Crippen LogP contribution in [0.2, 0.25) is 5.02 Å². The summed E-state index contributed by atoms with van der Waals surface area (Å²) in [5, 5.41) is 11.0. The number of ether oxygens (including phenoxy) is 1. The topological polar surface area (TPSA) is 69.4 Å². The summed E-state index contributed by atoms with van der Waals surface area (Å²) in [5.41, 5.74) is 0.115. The third-order valence-corrected chi connectivity index (χ3v) is 2.04. The lowest BCUT2D eigenvalue weighted by molar-refractivity contribution is -0.385. The quantitative estimate of drug-likeness (QED) is 0.451. The number of rotatable bonds is 3. The summed E-state index contributed by atoms with van der Waals surface area (Å²) >= 11 is 5.67. The van der Waals surface area contributed by atoms with Crippen LogP contribution >= 0.6 is 11.6 Å². The van der Waals surface area contributed by atoms with Crippen LogP contribution in [0.3, 0.4) is 0 Å². The van der Waals surface area contributed by atoms with Crippen LogP contribution in [-0.2, 0) is 16.0 Å². The summed E-state index contributed by atoms with van der Waals surface area (Å²) in [6, 6.07) is 4.05. The zero-order valence-electron chi connectivity index (χ0n) is 7.90. The van der Waals surface area contributed by atoms with Gasteiger partial charge >= 0.3 is 5.97 Å². The van der Waals surface area contributed by atoms with Crippen molar-refractivity contribution in [3.8, 4) is 0 Å². The number of carbonyl (C=O) groups excluding carboxylic acids is 1. The molecule has 0 atom stereocenters. The Kier molecular flexibility index (Phi) is 3.62. The van der Waals surface area contributed by atoms with Crippen LogP contribution in [0.1, 0.15) is 5.56 Å². The van der Waals surface area contributed by atoms with Crippen molar-refractivity contribution in [3.05, 3.63) is 38.9 Å². The van der Waals surface area contributed by atoms with E-state index in [1.165, 1.54) is 25.3 Å². The molecule has 0 saturated heterocycles. The summed E-state index contributed by atoms with van der Waals surface area (Å²) in [7, 11) is 1.22. The number of nitrogens with zero attached hydrogens (tertiary/aromatic N) is 1. The van der Waals surface area contributed by atoms with Gasteiger partial charge in [0.05, 0.1) is 18.5 Å². The molecule has 5 nitrogen and oxygen atoms in total. The molecular weight excluding hydrogens is 222 g/mol. The lowest BCUT2D eigenvalue weighted by Gasteiger charge is -2.02. The van der Waals surface area contributed by atoms with Crippen molar-refractivity contribution in [3.63, 3.8) is 0 Å². The first kappa shape index (κ1) is 11.5. The molecule has 1 aromatic rings. The molecule has 6 heteroatoms. The number of hydrogen-bond donors (Lipinski definition) is 0. The maximum atomic E-state index is 11.0. The largest absolute Gasteiger partial charge is 0.469 e. The molecule has 0 bridgehead atoms. The smallest absolute Gasteiger partial charge is 0.310 e. The third-order valence-electron chi connectivity index (χ3n) is 1.80. The molecule has 0 heterocycles. The van der Waals surface area contributed by atoms with E-state index in [4.69, 9.17) is 11.6 Å². The third kappa shape index (κ3) is 2.92. The molecule has 0 saturated carbocycles. The number of hydrogen-bond acceptors (Lipinski definition) is 4. The van der Waals surface area contributed by atoms with Crippen molar-refractivity contribution in [2.45, 2.75) is 6.42 Å². The molecule has 0 amide bonds. The molecule has 15 heavy (non-hydrogen) atoms. The second kappa shape index (κ2) is 4.75. The van der Waals surface area contributed by atoms with Crippen molar-refractivity contribution >= 4 is 23.3 Å².